The largest absolute Gasteiger partial charge is 0.317 e. The van der Waals surface area contributed by atoms with E-state index in [0.717, 1.165) is 17.9 Å². The van der Waals surface area contributed by atoms with Crippen LogP contribution in [-0.2, 0) is 0 Å². The van der Waals surface area contributed by atoms with Crippen LogP contribution in [0.25, 0.3) is 0 Å². The molecule has 2 unspecified atom stereocenters. The van der Waals surface area contributed by atoms with Gasteiger partial charge in [-0.1, -0.05) is 70.6 Å². The number of hydrogen-bond acceptors (Lipinski definition) is 1. The molecule has 1 N–H and O–H groups in total. The fourth-order valence-corrected chi connectivity index (χ4v) is 4.43. The highest BCUT2D eigenvalue weighted by molar-refractivity contribution is 4.80. The third kappa shape index (κ3) is 5.45. The molecule has 2 fully saturated rings. The Kier molecular flexibility index (Phi) is 7.27. The van der Waals surface area contributed by atoms with E-state index in [1.165, 1.54) is 89.9 Å². The van der Waals surface area contributed by atoms with Crippen LogP contribution in [0.5, 0.6) is 0 Å². The molecular weight excluding hydrogens is 230 g/mol. The van der Waals surface area contributed by atoms with E-state index >= 15 is 0 Å². The highest BCUT2D eigenvalue weighted by atomic mass is 14.9. The van der Waals surface area contributed by atoms with Gasteiger partial charge >= 0.3 is 0 Å². The van der Waals surface area contributed by atoms with Gasteiger partial charge in [0, 0.05) is 6.04 Å². The smallest absolute Gasteiger partial charge is 0.00924 e. The van der Waals surface area contributed by atoms with Gasteiger partial charge in [-0.05, 0) is 38.1 Å². The third-order valence-electron chi connectivity index (χ3n) is 5.64. The second kappa shape index (κ2) is 9.00. The van der Waals surface area contributed by atoms with Crippen LogP contribution >= 0.6 is 0 Å². The molecule has 2 atom stereocenters. The van der Waals surface area contributed by atoms with E-state index in [-0.39, 0.29) is 0 Å². The molecule has 0 saturated heterocycles. The minimum atomic E-state index is 0.811. The molecule has 2 saturated carbocycles. The van der Waals surface area contributed by atoms with Gasteiger partial charge in [-0.15, -0.1) is 0 Å². The van der Waals surface area contributed by atoms with E-state index in [1.807, 2.05) is 0 Å². The quantitative estimate of drug-likeness (QED) is 0.730. The first-order valence-corrected chi connectivity index (χ1v) is 9.07. The fourth-order valence-electron chi connectivity index (χ4n) is 4.43. The molecule has 1 nitrogen and oxygen atoms in total. The first-order valence-electron chi connectivity index (χ1n) is 9.07. The summed E-state index contributed by atoms with van der Waals surface area (Å²) in [7, 11) is 2.19. The van der Waals surface area contributed by atoms with Crippen molar-refractivity contribution >= 4 is 0 Å². The lowest BCUT2D eigenvalue weighted by molar-refractivity contribution is 0.225. The molecule has 0 amide bonds. The SMILES string of the molecule is CNC1CCCCCCC1CC1CCCCCCC1. The highest BCUT2D eigenvalue weighted by Crippen LogP contribution is 2.33. The minimum Gasteiger partial charge on any atom is -0.317 e. The van der Waals surface area contributed by atoms with E-state index in [0.29, 0.717) is 0 Å². The summed E-state index contributed by atoms with van der Waals surface area (Å²) in [5, 5.41) is 3.64. The lowest BCUT2D eigenvalue weighted by Crippen LogP contribution is -2.35. The Morgan fingerprint density at radius 2 is 1.21 bits per heavy atom. The molecule has 2 aliphatic rings. The molecule has 1 heteroatoms. The minimum absolute atomic E-state index is 0.811. The molecule has 0 aromatic heterocycles. The Balaban J connectivity index is 1.84. The molecule has 19 heavy (non-hydrogen) atoms. The van der Waals surface area contributed by atoms with Crippen molar-refractivity contribution in [3.05, 3.63) is 0 Å². The van der Waals surface area contributed by atoms with Crippen molar-refractivity contribution < 1.29 is 0 Å². The summed E-state index contributed by atoms with van der Waals surface area (Å²) < 4.78 is 0. The van der Waals surface area contributed by atoms with Gasteiger partial charge < -0.3 is 5.32 Å². The summed E-state index contributed by atoms with van der Waals surface area (Å²) in [5.74, 6) is 2.01. The maximum Gasteiger partial charge on any atom is 0.00924 e. The van der Waals surface area contributed by atoms with Gasteiger partial charge in [0.15, 0.2) is 0 Å². The monoisotopic (exact) mass is 265 g/mol. The summed E-state index contributed by atoms with van der Waals surface area (Å²) in [4.78, 5) is 0. The second-order valence-electron chi connectivity index (χ2n) is 7.09. The Morgan fingerprint density at radius 3 is 1.84 bits per heavy atom. The molecule has 0 aromatic carbocycles. The van der Waals surface area contributed by atoms with Crippen LogP contribution in [0.3, 0.4) is 0 Å². The first-order chi connectivity index (χ1) is 9.40. The fraction of sp³-hybridized carbons (Fsp3) is 1.00. The standard InChI is InChI=1S/C18H35N/c1-19-18-14-10-6-5-9-13-17(18)15-16-11-7-3-2-4-8-12-16/h16-19H,2-15H2,1H3. The topological polar surface area (TPSA) is 12.0 Å². The molecule has 0 heterocycles. The molecule has 0 aliphatic heterocycles. The van der Waals surface area contributed by atoms with Gasteiger partial charge in [0.25, 0.3) is 0 Å². The number of nitrogens with one attached hydrogen (secondary N) is 1. The van der Waals surface area contributed by atoms with Gasteiger partial charge in [0.05, 0.1) is 0 Å². The zero-order valence-corrected chi connectivity index (χ0v) is 13.1. The van der Waals surface area contributed by atoms with Crippen LogP contribution < -0.4 is 5.32 Å². The average molecular weight is 265 g/mol. The predicted molar refractivity (Wildman–Crippen MR) is 84.5 cm³/mol. The summed E-state index contributed by atoms with van der Waals surface area (Å²) in [6, 6.07) is 0.811. The van der Waals surface area contributed by atoms with Crippen molar-refractivity contribution in [3.8, 4) is 0 Å². The second-order valence-corrected chi connectivity index (χ2v) is 7.09. The molecular formula is C18H35N. The van der Waals surface area contributed by atoms with Crippen LogP contribution in [0, 0.1) is 11.8 Å². The van der Waals surface area contributed by atoms with Crippen LogP contribution in [0.2, 0.25) is 0 Å². The lowest BCUT2D eigenvalue weighted by Gasteiger charge is -2.32. The maximum absolute atomic E-state index is 3.64. The van der Waals surface area contributed by atoms with Crippen LogP contribution in [0.15, 0.2) is 0 Å². The van der Waals surface area contributed by atoms with Crippen LogP contribution in [0.1, 0.15) is 89.9 Å². The molecule has 0 aromatic rings. The van der Waals surface area contributed by atoms with Gasteiger partial charge in [0.2, 0.25) is 0 Å². The zero-order valence-electron chi connectivity index (χ0n) is 13.1. The van der Waals surface area contributed by atoms with E-state index < -0.39 is 0 Å². The molecule has 2 aliphatic carbocycles. The van der Waals surface area contributed by atoms with Crippen molar-refractivity contribution in [1.29, 1.82) is 0 Å². The molecule has 112 valence electrons. The number of hydrogen-bond donors (Lipinski definition) is 1. The van der Waals surface area contributed by atoms with E-state index in [4.69, 9.17) is 0 Å². The van der Waals surface area contributed by atoms with Crippen molar-refractivity contribution in [2.24, 2.45) is 11.8 Å². The van der Waals surface area contributed by atoms with Gasteiger partial charge in [0.1, 0.15) is 0 Å². The van der Waals surface area contributed by atoms with Crippen LogP contribution in [0.4, 0.5) is 0 Å². The Bertz CT molecular complexity index is 218. The van der Waals surface area contributed by atoms with Gasteiger partial charge in [-0.3, -0.25) is 0 Å². The molecule has 0 radical (unpaired) electrons. The average Bonchev–Trinajstić information content (AvgIpc) is 2.35. The van der Waals surface area contributed by atoms with E-state index in [1.54, 1.807) is 0 Å². The van der Waals surface area contributed by atoms with Crippen molar-refractivity contribution in [2.45, 2.75) is 95.9 Å². The Labute approximate surface area is 120 Å². The molecule has 2 rings (SSSR count). The number of rotatable bonds is 3. The predicted octanol–water partition coefficient (Wildman–Crippen LogP) is 5.30. The van der Waals surface area contributed by atoms with E-state index in [2.05, 4.69) is 12.4 Å². The van der Waals surface area contributed by atoms with Crippen molar-refractivity contribution in [2.75, 3.05) is 7.05 Å². The lowest BCUT2D eigenvalue weighted by atomic mass is 9.77. The Morgan fingerprint density at radius 1 is 0.684 bits per heavy atom. The summed E-state index contributed by atoms with van der Waals surface area (Å²) >= 11 is 0. The Hall–Kier alpha value is -0.0400. The first kappa shape index (κ1) is 15.4. The summed E-state index contributed by atoms with van der Waals surface area (Å²) in [6.07, 6.45) is 20.8. The highest BCUT2D eigenvalue weighted by Gasteiger charge is 2.24. The van der Waals surface area contributed by atoms with Gasteiger partial charge in [-0.25, -0.2) is 0 Å². The summed E-state index contributed by atoms with van der Waals surface area (Å²) in [6.45, 7) is 0. The van der Waals surface area contributed by atoms with E-state index in [9.17, 15) is 0 Å². The molecule has 0 spiro atoms. The maximum atomic E-state index is 3.64. The van der Waals surface area contributed by atoms with Gasteiger partial charge in [-0.2, -0.15) is 0 Å². The van der Waals surface area contributed by atoms with Crippen molar-refractivity contribution in [1.82, 2.24) is 5.32 Å². The third-order valence-corrected chi connectivity index (χ3v) is 5.64. The van der Waals surface area contributed by atoms with Crippen molar-refractivity contribution in [3.63, 3.8) is 0 Å². The molecule has 0 bridgehead atoms. The zero-order chi connectivity index (χ0) is 13.3. The summed E-state index contributed by atoms with van der Waals surface area (Å²) in [5.41, 5.74) is 0. The normalized spacial score (nSPS) is 32.1. The van der Waals surface area contributed by atoms with Crippen LogP contribution in [-0.4, -0.2) is 13.1 Å².